The van der Waals surface area contributed by atoms with Gasteiger partial charge in [0.05, 0.1) is 0 Å². The molecule has 1 amide bonds. The van der Waals surface area contributed by atoms with Crippen molar-refractivity contribution >= 4 is 21.8 Å². The van der Waals surface area contributed by atoms with Crippen LogP contribution in [0.15, 0.2) is 0 Å². The minimum atomic E-state index is 0.0400. The summed E-state index contributed by atoms with van der Waals surface area (Å²) >= 11 is 3.33. The van der Waals surface area contributed by atoms with Gasteiger partial charge in [0.25, 0.3) is 0 Å². The van der Waals surface area contributed by atoms with E-state index >= 15 is 0 Å². The van der Waals surface area contributed by atoms with E-state index in [2.05, 4.69) is 35.1 Å². The topological polar surface area (TPSA) is 29.1 Å². The van der Waals surface area contributed by atoms with Crippen molar-refractivity contribution < 1.29 is 4.79 Å². The normalized spacial score (nSPS) is 13.3. The molecule has 0 aromatic heterocycles. The van der Waals surface area contributed by atoms with Crippen molar-refractivity contribution in [2.75, 3.05) is 5.33 Å². The highest BCUT2D eigenvalue weighted by Gasteiger charge is 2.11. The van der Waals surface area contributed by atoms with E-state index in [0.717, 1.165) is 5.33 Å². The fourth-order valence-electron chi connectivity index (χ4n) is 0.644. The number of hydrogen-bond acceptors (Lipinski definition) is 1. The molecule has 1 unspecified atom stereocenters. The van der Waals surface area contributed by atoms with E-state index in [9.17, 15) is 4.79 Å². The van der Waals surface area contributed by atoms with Crippen LogP contribution in [0, 0.1) is 5.92 Å². The zero-order valence-electron chi connectivity index (χ0n) is 6.65. The van der Waals surface area contributed by atoms with Gasteiger partial charge in [0.15, 0.2) is 0 Å². The highest BCUT2D eigenvalue weighted by Crippen LogP contribution is 2.03. The monoisotopic (exact) mass is 207 g/mol. The molecule has 0 saturated carbocycles. The van der Waals surface area contributed by atoms with Crippen LogP contribution in [0.25, 0.3) is 0 Å². The zero-order valence-corrected chi connectivity index (χ0v) is 8.23. The van der Waals surface area contributed by atoms with E-state index in [1.165, 1.54) is 6.92 Å². The Balaban J connectivity index is 3.71. The van der Waals surface area contributed by atoms with Crippen molar-refractivity contribution in [3.05, 3.63) is 0 Å². The maximum atomic E-state index is 10.6. The average Bonchev–Trinajstić information content (AvgIpc) is 1.81. The third-order valence-corrected chi connectivity index (χ3v) is 2.06. The quantitative estimate of drug-likeness (QED) is 0.700. The SMILES string of the molecule is CC(=O)NC(CBr)C(C)C. The van der Waals surface area contributed by atoms with Crippen molar-refractivity contribution in [1.82, 2.24) is 5.32 Å². The van der Waals surface area contributed by atoms with Crippen molar-refractivity contribution in [2.45, 2.75) is 26.8 Å². The molecule has 0 spiro atoms. The number of halogens is 1. The number of nitrogens with one attached hydrogen (secondary N) is 1. The van der Waals surface area contributed by atoms with E-state index in [1.54, 1.807) is 0 Å². The molecule has 0 aliphatic rings. The molecule has 0 aromatic rings. The predicted octanol–water partition coefficient (Wildman–Crippen LogP) is 1.54. The molecule has 0 saturated heterocycles. The lowest BCUT2D eigenvalue weighted by molar-refractivity contribution is -0.119. The molecule has 1 N–H and O–H groups in total. The summed E-state index contributed by atoms with van der Waals surface area (Å²) in [5, 5.41) is 3.67. The number of carbonyl (C=O) groups is 1. The van der Waals surface area contributed by atoms with E-state index in [4.69, 9.17) is 0 Å². The van der Waals surface area contributed by atoms with Gasteiger partial charge in [-0.15, -0.1) is 0 Å². The van der Waals surface area contributed by atoms with Gasteiger partial charge in [-0.2, -0.15) is 0 Å². The third-order valence-electron chi connectivity index (χ3n) is 1.36. The molecule has 0 aliphatic heterocycles. The molecule has 0 bridgehead atoms. The summed E-state index contributed by atoms with van der Waals surface area (Å²) in [7, 11) is 0. The summed E-state index contributed by atoms with van der Waals surface area (Å²) in [5.41, 5.74) is 0. The highest BCUT2D eigenvalue weighted by molar-refractivity contribution is 9.09. The molecule has 3 heteroatoms. The van der Waals surface area contributed by atoms with E-state index < -0.39 is 0 Å². The Labute approximate surface area is 70.5 Å². The van der Waals surface area contributed by atoms with Crippen LogP contribution >= 0.6 is 15.9 Å². The lowest BCUT2D eigenvalue weighted by Gasteiger charge is -2.18. The first-order valence-electron chi connectivity index (χ1n) is 3.41. The highest BCUT2D eigenvalue weighted by atomic mass is 79.9. The molecule has 0 fully saturated rings. The van der Waals surface area contributed by atoms with Crippen molar-refractivity contribution in [3.63, 3.8) is 0 Å². The first-order valence-corrected chi connectivity index (χ1v) is 4.53. The Morgan fingerprint density at radius 1 is 1.60 bits per heavy atom. The van der Waals surface area contributed by atoms with Gasteiger partial charge in [0, 0.05) is 18.3 Å². The van der Waals surface area contributed by atoms with Crippen molar-refractivity contribution in [2.24, 2.45) is 5.92 Å². The Morgan fingerprint density at radius 3 is 2.20 bits per heavy atom. The number of rotatable bonds is 3. The van der Waals surface area contributed by atoms with Crippen LogP contribution < -0.4 is 5.32 Å². The Morgan fingerprint density at radius 2 is 2.10 bits per heavy atom. The summed E-state index contributed by atoms with van der Waals surface area (Å²) in [5.74, 6) is 0.529. The van der Waals surface area contributed by atoms with Gasteiger partial charge in [0.2, 0.25) is 5.91 Å². The zero-order chi connectivity index (χ0) is 8.15. The van der Waals surface area contributed by atoms with Gasteiger partial charge in [0.1, 0.15) is 0 Å². The molecule has 0 aliphatic carbocycles. The van der Waals surface area contributed by atoms with Gasteiger partial charge >= 0.3 is 0 Å². The first-order chi connectivity index (χ1) is 4.57. The van der Waals surface area contributed by atoms with Gasteiger partial charge in [-0.05, 0) is 5.92 Å². The molecular weight excluding hydrogens is 194 g/mol. The molecule has 0 radical (unpaired) electrons. The third kappa shape index (κ3) is 3.88. The number of carbonyl (C=O) groups excluding carboxylic acids is 1. The standard InChI is InChI=1S/C7H14BrNO/c1-5(2)7(4-8)9-6(3)10/h5,7H,4H2,1-3H3,(H,9,10). The number of amides is 1. The summed E-state index contributed by atoms with van der Waals surface area (Å²) < 4.78 is 0. The van der Waals surface area contributed by atoms with Crippen LogP contribution in [-0.4, -0.2) is 17.3 Å². The summed E-state index contributed by atoms with van der Waals surface area (Å²) in [6.07, 6.45) is 0. The molecule has 0 heterocycles. The number of hydrogen-bond donors (Lipinski definition) is 1. The minimum Gasteiger partial charge on any atom is -0.353 e. The largest absolute Gasteiger partial charge is 0.353 e. The maximum Gasteiger partial charge on any atom is 0.217 e. The summed E-state index contributed by atoms with van der Waals surface area (Å²) in [6, 6.07) is 0.262. The average molecular weight is 208 g/mol. The molecule has 1 atom stereocenters. The first kappa shape index (κ1) is 9.95. The molecule has 0 aromatic carbocycles. The molecule has 0 rings (SSSR count). The van der Waals surface area contributed by atoms with Crippen LogP contribution in [0.2, 0.25) is 0 Å². The maximum absolute atomic E-state index is 10.6. The number of alkyl halides is 1. The lowest BCUT2D eigenvalue weighted by atomic mass is 10.1. The van der Waals surface area contributed by atoms with Crippen LogP contribution in [0.3, 0.4) is 0 Å². The van der Waals surface area contributed by atoms with E-state index in [-0.39, 0.29) is 11.9 Å². The van der Waals surface area contributed by atoms with Crippen LogP contribution in [0.1, 0.15) is 20.8 Å². The second-order valence-corrected chi connectivity index (χ2v) is 3.35. The van der Waals surface area contributed by atoms with E-state index in [0.29, 0.717) is 5.92 Å². The predicted molar refractivity (Wildman–Crippen MR) is 46.2 cm³/mol. The molecular formula is C7H14BrNO. The molecule has 10 heavy (non-hydrogen) atoms. The Bertz CT molecular complexity index is 114. The van der Waals surface area contributed by atoms with Crippen LogP contribution in [-0.2, 0) is 4.79 Å². The van der Waals surface area contributed by atoms with Crippen LogP contribution in [0.4, 0.5) is 0 Å². The van der Waals surface area contributed by atoms with Gasteiger partial charge < -0.3 is 5.32 Å². The Kier molecular flexibility index (Phi) is 4.69. The van der Waals surface area contributed by atoms with Crippen molar-refractivity contribution in [1.29, 1.82) is 0 Å². The minimum absolute atomic E-state index is 0.0400. The summed E-state index contributed by atoms with van der Waals surface area (Å²) in [6.45, 7) is 5.71. The smallest absolute Gasteiger partial charge is 0.217 e. The molecule has 2 nitrogen and oxygen atoms in total. The fraction of sp³-hybridized carbons (Fsp3) is 0.857. The van der Waals surface area contributed by atoms with E-state index in [1.807, 2.05) is 0 Å². The van der Waals surface area contributed by atoms with Crippen LogP contribution in [0.5, 0.6) is 0 Å². The fourth-order valence-corrected chi connectivity index (χ4v) is 1.55. The second-order valence-electron chi connectivity index (χ2n) is 2.71. The Hall–Kier alpha value is -0.0500. The lowest BCUT2D eigenvalue weighted by Crippen LogP contribution is -2.38. The molecule has 60 valence electrons. The summed E-state index contributed by atoms with van der Waals surface area (Å²) in [4.78, 5) is 10.6. The van der Waals surface area contributed by atoms with Gasteiger partial charge in [-0.3, -0.25) is 4.79 Å². The second kappa shape index (κ2) is 4.72. The van der Waals surface area contributed by atoms with Gasteiger partial charge in [-0.25, -0.2) is 0 Å². The van der Waals surface area contributed by atoms with Gasteiger partial charge in [-0.1, -0.05) is 29.8 Å². The van der Waals surface area contributed by atoms with Crippen molar-refractivity contribution in [3.8, 4) is 0 Å².